The summed E-state index contributed by atoms with van der Waals surface area (Å²) in [6.45, 7) is 2.15. The van der Waals surface area contributed by atoms with Gasteiger partial charge in [-0.1, -0.05) is 0 Å². The van der Waals surface area contributed by atoms with Gasteiger partial charge in [-0.15, -0.1) is 0 Å². The van der Waals surface area contributed by atoms with Gasteiger partial charge in [0.1, 0.15) is 0 Å². The molecule has 0 amide bonds. The lowest BCUT2D eigenvalue weighted by molar-refractivity contribution is 0.182. The van der Waals surface area contributed by atoms with E-state index in [1.54, 1.807) is 6.20 Å². The topological polar surface area (TPSA) is 40.6 Å². The van der Waals surface area contributed by atoms with Gasteiger partial charge in [-0.25, -0.2) is 4.98 Å². The van der Waals surface area contributed by atoms with Crippen molar-refractivity contribution in [2.24, 2.45) is 0 Å². The summed E-state index contributed by atoms with van der Waals surface area (Å²) in [5, 5.41) is 0. The highest BCUT2D eigenvalue weighted by atomic mass is 32.5. The Hall–Kier alpha value is -0.480. The fourth-order valence-corrected chi connectivity index (χ4v) is 3.16. The Morgan fingerprint density at radius 1 is 1.67 bits per heavy atom. The van der Waals surface area contributed by atoms with Crippen LogP contribution in [0.15, 0.2) is 12.3 Å². The fourth-order valence-electron chi connectivity index (χ4n) is 1.31. The molecule has 0 saturated carbocycles. The summed E-state index contributed by atoms with van der Waals surface area (Å²) < 4.78 is 16.2. The molecule has 4 nitrogen and oxygen atoms in total. The van der Waals surface area contributed by atoms with Gasteiger partial charge in [-0.2, -0.15) is 0 Å². The second-order valence-electron chi connectivity index (χ2n) is 3.21. The Morgan fingerprint density at radius 2 is 2.47 bits per heavy atom. The maximum absolute atomic E-state index is 5.49. The third-order valence-electron chi connectivity index (χ3n) is 1.93. The Bertz CT molecular complexity index is 424. The standard InChI is InChI=1S/C9H12NO3PS/c1-3-11-14(15)12-6-8-4-7(2)5-10-9(8)13-14/h4-5H,3,6H2,1-2H3. The van der Waals surface area contributed by atoms with Gasteiger partial charge >= 0.3 is 6.72 Å². The molecule has 15 heavy (non-hydrogen) atoms. The number of hydrogen-bond acceptors (Lipinski definition) is 5. The maximum Gasteiger partial charge on any atom is 0.382 e. The van der Waals surface area contributed by atoms with Crippen molar-refractivity contribution in [3.8, 4) is 5.88 Å². The van der Waals surface area contributed by atoms with Crippen molar-refractivity contribution in [1.29, 1.82) is 0 Å². The first-order chi connectivity index (χ1) is 7.13. The first-order valence-corrected chi connectivity index (χ1v) is 7.23. The highest BCUT2D eigenvalue weighted by molar-refractivity contribution is 8.07. The second kappa shape index (κ2) is 4.18. The number of rotatable bonds is 2. The molecule has 1 aliphatic heterocycles. The molecule has 6 heteroatoms. The third kappa shape index (κ3) is 2.37. The molecule has 1 aromatic heterocycles. The van der Waals surface area contributed by atoms with Gasteiger partial charge in [0.05, 0.1) is 13.2 Å². The van der Waals surface area contributed by atoms with Crippen molar-refractivity contribution >= 4 is 18.5 Å². The molecule has 82 valence electrons. The molecule has 1 aliphatic rings. The number of fused-ring (bicyclic) bond motifs is 1. The average Bonchev–Trinajstić information content (AvgIpc) is 2.19. The number of nitrogens with zero attached hydrogens (tertiary/aromatic N) is 1. The van der Waals surface area contributed by atoms with E-state index in [9.17, 15) is 0 Å². The smallest absolute Gasteiger partial charge is 0.382 e. The van der Waals surface area contributed by atoms with Crippen LogP contribution >= 0.6 is 6.72 Å². The van der Waals surface area contributed by atoms with Crippen molar-refractivity contribution in [1.82, 2.24) is 4.98 Å². The molecule has 0 aliphatic carbocycles. The summed E-state index contributed by atoms with van der Waals surface area (Å²) in [6.07, 6.45) is 1.75. The van der Waals surface area contributed by atoms with Crippen molar-refractivity contribution in [2.75, 3.05) is 6.61 Å². The number of aryl methyl sites for hydroxylation is 1. The van der Waals surface area contributed by atoms with Crippen LogP contribution in [0, 0.1) is 6.92 Å². The van der Waals surface area contributed by atoms with Crippen molar-refractivity contribution < 1.29 is 13.6 Å². The molecule has 0 radical (unpaired) electrons. The van der Waals surface area contributed by atoms with Gasteiger partial charge in [-0.3, -0.25) is 9.05 Å². The molecular formula is C9H12NO3PS. The van der Waals surface area contributed by atoms with Gasteiger partial charge in [0.15, 0.2) is 0 Å². The van der Waals surface area contributed by atoms with E-state index in [2.05, 4.69) is 4.98 Å². The van der Waals surface area contributed by atoms with Crippen molar-refractivity contribution in [3.05, 3.63) is 23.4 Å². The lowest BCUT2D eigenvalue weighted by Crippen LogP contribution is -2.10. The average molecular weight is 245 g/mol. The summed E-state index contributed by atoms with van der Waals surface area (Å²) >= 11 is 5.17. The summed E-state index contributed by atoms with van der Waals surface area (Å²) in [7, 11) is 0. The van der Waals surface area contributed by atoms with Crippen LogP contribution < -0.4 is 4.52 Å². The monoisotopic (exact) mass is 245 g/mol. The number of pyridine rings is 1. The van der Waals surface area contributed by atoms with Crippen LogP contribution in [0.5, 0.6) is 5.88 Å². The van der Waals surface area contributed by atoms with Crippen LogP contribution in [-0.4, -0.2) is 11.6 Å². The lowest BCUT2D eigenvalue weighted by Gasteiger charge is -2.26. The molecule has 0 N–H and O–H groups in total. The zero-order valence-electron chi connectivity index (χ0n) is 8.60. The molecule has 0 saturated heterocycles. The van der Waals surface area contributed by atoms with Crippen LogP contribution in [0.3, 0.4) is 0 Å². The molecule has 0 bridgehead atoms. The van der Waals surface area contributed by atoms with Crippen LogP contribution in [-0.2, 0) is 27.5 Å². The van der Waals surface area contributed by atoms with E-state index in [-0.39, 0.29) is 0 Å². The molecule has 2 rings (SSSR count). The Kier molecular flexibility index (Phi) is 3.07. The van der Waals surface area contributed by atoms with E-state index in [4.69, 9.17) is 25.4 Å². The minimum atomic E-state index is -2.59. The minimum absolute atomic E-state index is 0.418. The Labute approximate surface area is 93.8 Å². The quantitative estimate of drug-likeness (QED) is 0.749. The third-order valence-corrected chi connectivity index (χ3v) is 4.20. The van der Waals surface area contributed by atoms with Crippen molar-refractivity contribution in [2.45, 2.75) is 20.5 Å². The van der Waals surface area contributed by atoms with E-state index in [1.165, 1.54) is 0 Å². The highest BCUT2D eigenvalue weighted by Gasteiger charge is 2.29. The first-order valence-electron chi connectivity index (χ1n) is 4.67. The maximum atomic E-state index is 5.49. The number of aromatic nitrogens is 1. The van der Waals surface area contributed by atoms with Crippen molar-refractivity contribution in [3.63, 3.8) is 0 Å². The summed E-state index contributed by atoms with van der Waals surface area (Å²) in [5.41, 5.74) is 2.00. The molecular weight excluding hydrogens is 233 g/mol. The SMILES string of the molecule is CCOP1(=S)OCc2cc(C)cnc2O1. The molecule has 0 aromatic carbocycles. The minimum Gasteiger partial charge on any atom is -0.405 e. The van der Waals surface area contributed by atoms with E-state index in [0.717, 1.165) is 11.1 Å². The second-order valence-corrected chi connectivity index (χ2v) is 6.14. The molecule has 2 heterocycles. The van der Waals surface area contributed by atoms with Gasteiger partial charge in [0.25, 0.3) is 0 Å². The van der Waals surface area contributed by atoms with E-state index in [1.807, 2.05) is 19.9 Å². The predicted molar refractivity (Wildman–Crippen MR) is 60.3 cm³/mol. The summed E-state index contributed by atoms with van der Waals surface area (Å²) in [6, 6.07) is 1.98. The van der Waals surface area contributed by atoms with Gasteiger partial charge in [0, 0.05) is 23.6 Å². The Balaban J connectivity index is 2.27. The zero-order valence-corrected chi connectivity index (χ0v) is 10.3. The fraction of sp³-hybridized carbons (Fsp3) is 0.444. The van der Waals surface area contributed by atoms with Crippen LogP contribution in [0.25, 0.3) is 0 Å². The largest absolute Gasteiger partial charge is 0.405 e. The molecule has 0 fully saturated rings. The Morgan fingerprint density at radius 3 is 3.20 bits per heavy atom. The predicted octanol–water partition coefficient (Wildman–Crippen LogP) is 2.56. The molecule has 1 atom stereocenters. The first kappa shape index (κ1) is 11.0. The van der Waals surface area contributed by atoms with Gasteiger partial charge in [-0.05, 0) is 25.5 Å². The zero-order chi connectivity index (χ0) is 10.9. The highest BCUT2D eigenvalue weighted by Crippen LogP contribution is 2.53. The van der Waals surface area contributed by atoms with Crippen LogP contribution in [0.4, 0.5) is 0 Å². The van der Waals surface area contributed by atoms with Gasteiger partial charge in [0.2, 0.25) is 5.88 Å². The summed E-state index contributed by atoms with van der Waals surface area (Å²) in [4.78, 5) is 4.18. The van der Waals surface area contributed by atoms with E-state index >= 15 is 0 Å². The van der Waals surface area contributed by atoms with E-state index in [0.29, 0.717) is 19.1 Å². The molecule has 1 unspecified atom stereocenters. The summed E-state index contributed by atoms with van der Waals surface area (Å²) in [5.74, 6) is 0.545. The lowest BCUT2D eigenvalue weighted by atomic mass is 10.2. The van der Waals surface area contributed by atoms with Crippen LogP contribution in [0.2, 0.25) is 0 Å². The number of hydrogen-bond donors (Lipinski definition) is 0. The van der Waals surface area contributed by atoms with E-state index < -0.39 is 6.72 Å². The molecule has 0 spiro atoms. The molecule has 1 aromatic rings. The van der Waals surface area contributed by atoms with Crippen LogP contribution in [0.1, 0.15) is 18.1 Å². The van der Waals surface area contributed by atoms with Gasteiger partial charge < -0.3 is 4.52 Å². The normalized spacial score (nSPS) is 24.4.